The molecule has 0 radical (unpaired) electrons. The van der Waals surface area contributed by atoms with Gasteiger partial charge in [-0.3, -0.25) is 9.52 Å². The number of benzene rings is 2. The summed E-state index contributed by atoms with van der Waals surface area (Å²) in [5.74, 6) is 0.405. The molecule has 0 saturated carbocycles. The number of carbonyl (C=O) groups is 1. The van der Waals surface area contributed by atoms with E-state index in [9.17, 15) is 13.2 Å². The third kappa shape index (κ3) is 4.55. The van der Waals surface area contributed by atoms with Crippen LogP contribution in [0.1, 0.15) is 56.2 Å². The number of hydrogen-bond donors (Lipinski definition) is 2. The Balaban J connectivity index is 1.80. The Morgan fingerprint density at radius 1 is 1.14 bits per heavy atom. The fourth-order valence-electron chi connectivity index (χ4n) is 3.59. The molecule has 0 heterocycles. The average molecular weight is 401 g/mol. The van der Waals surface area contributed by atoms with E-state index in [2.05, 4.69) is 23.9 Å². The second-order valence-corrected chi connectivity index (χ2v) is 9.32. The fourth-order valence-corrected chi connectivity index (χ4v) is 4.68. The monoisotopic (exact) mass is 400 g/mol. The smallest absolute Gasteiger partial charge is 0.261 e. The van der Waals surface area contributed by atoms with Crippen molar-refractivity contribution in [2.24, 2.45) is 0 Å². The highest BCUT2D eigenvalue weighted by atomic mass is 32.2. The molecule has 0 aliphatic heterocycles. The predicted octanol–water partition coefficient (Wildman–Crippen LogP) is 3.99. The molecule has 1 atom stereocenters. The quantitative estimate of drug-likeness (QED) is 0.770. The summed E-state index contributed by atoms with van der Waals surface area (Å²) in [6, 6.07) is 12.8. The van der Waals surface area contributed by atoms with E-state index in [1.54, 1.807) is 12.1 Å². The van der Waals surface area contributed by atoms with E-state index in [-0.39, 0.29) is 16.8 Å². The number of hydrogen-bond acceptors (Lipinski definition) is 3. The number of nitrogens with one attached hydrogen (secondary N) is 2. The molecule has 3 rings (SSSR count). The average Bonchev–Trinajstić information content (AvgIpc) is 2.67. The van der Waals surface area contributed by atoms with Crippen LogP contribution in [0.15, 0.2) is 47.4 Å². The second kappa shape index (κ2) is 8.35. The number of amides is 1. The van der Waals surface area contributed by atoms with Crippen molar-refractivity contribution in [2.75, 3.05) is 4.72 Å². The number of anilines is 1. The molecule has 6 heteroatoms. The normalized spacial score (nSPS) is 16.5. The van der Waals surface area contributed by atoms with E-state index in [4.69, 9.17) is 0 Å². The lowest BCUT2D eigenvalue weighted by atomic mass is 9.87. The van der Waals surface area contributed by atoms with Crippen molar-refractivity contribution in [2.45, 2.75) is 63.3 Å². The molecule has 0 saturated heterocycles. The Labute approximate surface area is 167 Å². The van der Waals surface area contributed by atoms with Gasteiger partial charge in [-0.1, -0.05) is 45.0 Å². The van der Waals surface area contributed by atoms with Gasteiger partial charge in [-0.15, -0.1) is 0 Å². The molecule has 2 aromatic carbocycles. The van der Waals surface area contributed by atoms with E-state index in [1.165, 1.54) is 0 Å². The Morgan fingerprint density at radius 3 is 2.50 bits per heavy atom. The van der Waals surface area contributed by atoms with Crippen LogP contribution in [0.2, 0.25) is 0 Å². The third-order valence-electron chi connectivity index (χ3n) is 5.27. The summed E-state index contributed by atoms with van der Waals surface area (Å²) in [7, 11) is -3.65. The van der Waals surface area contributed by atoms with Crippen LogP contribution >= 0.6 is 0 Å². The highest BCUT2D eigenvalue weighted by Gasteiger charge is 2.24. The molecule has 0 aromatic heterocycles. The molecule has 0 fully saturated rings. The van der Waals surface area contributed by atoms with Crippen molar-refractivity contribution in [1.82, 2.24) is 5.32 Å². The van der Waals surface area contributed by atoms with Crippen LogP contribution in [0.3, 0.4) is 0 Å². The van der Waals surface area contributed by atoms with Crippen molar-refractivity contribution in [3.8, 4) is 0 Å². The minimum absolute atomic E-state index is 0.0511. The zero-order chi connectivity index (χ0) is 20.3. The van der Waals surface area contributed by atoms with Crippen molar-refractivity contribution >= 4 is 21.6 Å². The van der Waals surface area contributed by atoms with E-state index >= 15 is 0 Å². The van der Waals surface area contributed by atoms with E-state index in [0.29, 0.717) is 18.0 Å². The molecule has 1 unspecified atom stereocenters. The van der Waals surface area contributed by atoms with Crippen LogP contribution in [-0.2, 0) is 27.7 Å². The molecular formula is C22H28N2O3S. The van der Waals surface area contributed by atoms with Gasteiger partial charge in [0.15, 0.2) is 0 Å². The van der Waals surface area contributed by atoms with Gasteiger partial charge < -0.3 is 5.32 Å². The van der Waals surface area contributed by atoms with Crippen molar-refractivity contribution in [1.29, 1.82) is 0 Å². The Morgan fingerprint density at radius 2 is 1.86 bits per heavy atom. The highest BCUT2D eigenvalue weighted by Crippen LogP contribution is 2.30. The maximum Gasteiger partial charge on any atom is 0.261 e. The first-order chi connectivity index (χ1) is 13.3. The van der Waals surface area contributed by atoms with Crippen molar-refractivity contribution in [3.05, 3.63) is 59.2 Å². The van der Waals surface area contributed by atoms with Crippen LogP contribution < -0.4 is 10.0 Å². The lowest BCUT2D eigenvalue weighted by molar-refractivity contribution is -0.121. The van der Waals surface area contributed by atoms with Gasteiger partial charge in [-0.2, -0.15) is 0 Å². The fraction of sp³-hybridized carbons (Fsp3) is 0.409. The lowest BCUT2D eigenvalue weighted by Gasteiger charge is -2.27. The molecule has 1 aliphatic rings. The number of fused-ring (bicyclic) bond motifs is 1. The first kappa shape index (κ1) is 20.4. The maximum atomic E-state index is 12.8. The van der Waals surface area contributed by atoms with Crippen LogP contribution in [-0.4, -0.2) is 20.4 Å². The van der Waals surface area contributed by atoms with Crippen LogP contribution in [0.4, 0.5) is 5.69 Å². The Hall–Kier alpha value is -2.34. The van der Waals surface area contributed by atoms with Gasteiger partial charge in [-0.05, 0) is 60.1 Å². The Bertz CT molecular complexity index is 950. The van der Waals surface area contributed by atoms with Gasteiger partial charge in [-0.25, -0.2) is 8.42 Å². The number of sulfonamides is 1. The molecule has 28 heavy (non-hydrogen) atoms. The molecule has 0 bridgehead atoms. The first-order valence-corrected chi connectivity index (χ1v) is 11.3. The summed E-state index contributed by atoms with van der Waals surface area (Å²) in [4.78, 5) is 11.9. The summed E-state index contributed by atoms with van der Waals surface area (Å²) in [6.45, 7) is 6.00. The largest absolute Gasteiger partial charge is 0.353 e. The van der Waals surface area contributed by atoms with E-state index in [1.807, 2.05) is 37.3 Å². The first-order valence-electron chi connectivity index (χ1n) is 9.83. The molecule has 1 amide bonds. The topological polar surface area (TPSA) is 75.3 Å². The summed E-state index contributed by atoms with van der Waals surface area (Å²) in [5, 5.41) is 3.04. The second-order valence-electron chi connectivity index (χ2n) is 7.63. The predicted molar refractivity (Wildman–Crippen MR) is 112 cm³/mol. The third-order valence-corrected chi connectivity index (χ3v) is 6.65. The summed E-state index contributed by atoms with van der Waals surface area (Å²) in [6.07, 6.45) is 2.73. The lowest BCUT2D eigenvalue weighted by Crippen LogP contribution is -2.38. The molecule has 2 aromatic rings. The molecular weight excluding hydrogens is 372 g/mol. The molecule has 0 spiro atoms. The molecule has 150 valence electrons. The van der Waals surface area contributed by atoms with Gasteiger partial charge in [0.2, 0.25) is 5.91 Å². The van der Waals surface area contributed by atoms with Crippen molar-refractivity contribution < 1.29 is 13.2 Å². The van der Waals surface area contributed by atoms with Crippen molar-refractivity contribution in [3.63, 3.8) is 0 Å². The van der Waals surface area contributed by atoms with Gasteiger partial charge in [0.25, 0.3) is 10.0 Å². The SMILES string of the molecule is CCC(=O)NC1CCc2c(cccc2NS(=O)(=O)c2ccc(C(C)C)cc2)C1. The van der Waals surface area contributed by atoms with Crippen LogP contribution in [0.25, 0.3) is 0 Å². The standard InChI is InChI=1S/C22H28N2O3S/c1-4-22(25)23-18-10-13-20-17(14-18)6-5-7-21(20)24-28(26,27)19-11-8-16(9-12-19)15(2)3/h5-9,11-12,15,18,24H,4,10,13-14H2,1-3H3,(H,23,25). The number of carbonyl (C=O) groups excluding carboxylic acids is 1. The van der Waals surface area contributed by atoms with E-state index in [0.717, 1.165) is 36.0 Å². The van der Waals surface area contributed by atoms with Crippen LogP contribution in [0.5, 0.6) is 0 Å². The van der Waals surface area contributed by atoms with Gasteiger partial charge in [0.1, 0.15) is 0 Å². The zero-order valence-corrected chi connectivity index (χ0v) is 17.5. The minimum Gasteiger partial charge on any atom is -0.353 e. The van der Waals surface area contributed by atoms with Gasteiger partial charge >= 0.3 is 0 Å². The minimum atomic E-state index is -3.65. The molecule has 2 N–H and O–H groups in total. The Kier molecular flexibility index (Phi) is 6.08. The van der Waals surface area contributed by atoms with Gasteiger partial charge in [0.05, 0.1) is 10.6 Å². The highest BCUT2D eigenvalue weighted by molar-refractivity contribution is 7.92. The summed E-state index contributed by atoms with van der Waals surface area (Å²) < 4.78 is 28.5. The molecule has 5 nitrogen and oxygen atoms in total. The summed E-state index contributed by atoms with van der Waals surface area (Å²) in [5.41, 5.74) is 3.84. The van der Waals surface area contributed by atoms with E-state index < -0.39 is 10.0 Å². The number of rotatable bonds is 6. The maximum absolute atomic E-state index is 12.8. The summed E-state index contributed by atoms with van der Waals surface area (Å²) >= 11 is 0. The van der Waals surface area contributed by atoms with Crippen LogP contribution in [0, 0.1) is 0 Å². The van der Waals surface area contributed by atoms with Gasteiger partial charge in [0, 0.05) is 12.5 Å². The molecule has 1 aliphatic carbocycles. The zero-order valence-electron chi connectivity index (χ0n) is 16.7.